The van der Waals surface area contributed by atoms with Crippen LogP contribution in [0.4, 0.5) is 11.4 Å². The van der Waals surface area contributed by atoms with Crippen molar-refractivity contribution in [3.8, 4) is 0 Å². The minimum absolute atomic E-state index is 0. The Labute approximate surface area is 206 Å². The summed E-state index contributed by atoms with van der Waals surface area (Å²) in [7, 11) is 0. The van der Waals surface area contributed by atoms with E-state index in [1.807, 2.05) is 27.7 Å². The second-order valence-electron chi connectivity index (χ2n) is 6.17. The Kier molecular flexibility index (Phi) is 13.9. The average molecular weight is 488 g/mol. The Morgan fingerprint density at radius 3 is 1.32 bits per heavy atom. The molecule has 0 unspecified atom stereocenters. The average Bonchev–Trinajstić information content (AvgIpc) is 2.58. The Balaban J connectivity index is 0. The molecule has 3 rings (SSSR count). The molecule has 0 aromatic heterocycles. The molecule has 2 aromatic rings. The van der Waals surface area contributed by atoms with Gasteiger partial charge in [-0.1, -0.05) is 82.1 Å². The van der Waals surface area contributed by atoms with E-state index in [0.29, 0.717) is 0 Å². The maximum atomic E-state index is 2.45. The number of hydrogen-bond acceptors (Lipinski definition) is 1. The number of nitrogens with zero attached hydrogens (tertiary/aromatic N) is 1. The van der Waals surface area contributed by atoms with Gasteiger partial charge in [-0.05, 0) is 32.1 Å². The van der Waals surface area contributed by atoms with Gasteiger partial charge >= 0.3 is 0 Å². The Morgan fingerprint density at radius 1 is 0.680 bits per heavy atom. The van der Waals surface area contributed by atoms with Crippen molar-refractivity contribution in [1.82, 2.24) is 0 Å². The van der Waals surface area contributed by atoms with Crippen molar-refractivity contribution in [1.29, 1.82) is 0 Å². The zero-order valence-electron chi connectivity index (χ0n) is 17.2. The number of rotatable bonds is 0. The Morgan fingerprint density at radius 2 is 1.00 bits per heavy atom. The van der Waals surface area contributed by atoms with Crippen LogP contribution < -0.4 is 4.90 Å². The van der Waals surface area contributed by atoms with E-state index >= 15 is 0 Å². The Bertz CT molecular complexity index is 570. The number of benzene rings is 2. The molecule has 1 aliphatic heterocycles. The molecule has 0 aliphatic carbocycles. The minimum Gasteiger partial charge on any atom is -0.400 e. The molecule has 1 nitrogen and oxygen atoms in total. The first-order valence-corrected chi connectivity index (χ1v) is 8.83. The monoisotopic (exact) mass is 488 g/mol. The summed E-state index contributed by atoms with van der Waals surface area (Å²) in [5, 5.41) is 0. The van der Waals surface area contributed by atoms with E-state index in [9.17, 15) is 0 Å². The first kappa shape index (κ1) is 27.5. The van der Waals surface area contributed by atoms with E-state index in [-0.39, 0.29) is 71.0 Å². The van der Waals surface area contributed by atoms with E-state index < -0.39 is 0 Å². The van der Waals surface area contributed by atoms with Crippen LogP contribution in [0.25, 0.3) is 0 Å². The standard InChI is InChI=1S/C18H20N.2C2H6.2Y/c1-13-14-9-5-7-11-16(14)19(18(2,3)4)17-12-8-6-10-15(13)17;2*1-2;;/h5-12H,1-4H3;2*1-2H3;;/q-1;;;;. The Hall–Kier alpha value is 0.318. The maximum Gasteiger partial charge on any atom is 0.0226 e. The molecule has 25 heavy (non-hydrogen) atoms. The summed E-state index contributed by atoms with van der Waals surface area (Å²) in [6.45, 7) is 17.0. The second kappa shape index (κ2) is 12.7. The molecule has 0 bridgehead atoms. The van der Waals surface area contributed by atoms with Gasteiger partial charge in [0, 0.05) is 71.0 Å². The molecule has 132 valence electrons. The summed E-state index contributed by atoms with van der Waals surface area (Å²) < 4.78 is 0. The van der Waals surface area contributed by atoms with Crippen LogP contribution in [0.15, 0.2) is 48.5 Å². The van der Waals surface area contributed by atoms with Crippen LogP contribution in [0.2, 0.25) is 0 Å². The molecular formula is C22H32NY2-. The molecule has 3 heteroatoms. The summed E-state index contributed by atoms with van der Waals surface area (Å²) in [4.78, 5) is 2.45. The zero-order valence-corrected chi connectivity index (χ0v) is 22.9. The van der Waals surface area contributed by atoms with Crippen molar-refractivity contribution < 1.29 is 65.4 Å². The van der Waals surface area contributed by atoms with Gasteiger partial charge in [0.2, 0.25) is 0 Å². The smallest absolute Gasteiger partial charge is 0.0226 e. The van der Waals surface area contributed by atoms with E-state index in [1.54, 1.807) is 0 Å². The van der Waals surface area contributed by atoms with Gasteiger partial charge in [0.25, 0.3) is 0 Å². The number of hydrogen-bond donors (Lipinski definition) is 0. The van der Waals surface area contributed by atoms with Crippen molar-refractivity contribution in [3.63, 3.8) is 0 Å². The predicted octanol–water partition coefficient (Wildman–Crippen LogP) is 6.97. The van der Waals surface area contributed by atoms with Gasteiger partial charge in [0.1, 0.15) is 0 Å². The SMILES string of the molecule is CC.CC.C[C-]1c2ccccc2N(C(C)(C)C)c2ccccc21.[Y].[Y]. The van der Waals surface area contributed by atoms with Gasteiger partial charge in [-0.3, -0.25) is 0 Å². The molecule has 1 aliphatic rings. The molecule has 2 aromatic carbocycles. The number of anilines is 2. The van der Waals surface area contributed by atoms with E-state index in [2.05, 4.69) is 81.1 Å². The van der Waals surface area contributed by atoms with Crippen LogP contribution in [0.3, 0.4) is 0 Å². The molecule has 0 saturated heterocycles. The summed E-state index contributed by atoms with van der Waals surface area (Å²) >= 11 is 0. The fraction of sp³-hybridized carbons (Fsp3) is 0.409. The molecule has 0 fully saturated rings. The quantitative estimate of drug-likeness (QED) is 0.362. The van der Waals surface area contributed by atoms with Crippen molar-refractivity contribution in [3.05, 3.63) is 65.6 Å². The number of para-hydroxylation sites is 2. The maximum absolute atomic E-state index is 2.45. The fourth-order valence-electron chi connectivity index (χ4n) is 2.97. The van der Waals surface area contributed by atoms with Crippen LogP contribution in [0.5, 0.6) is 0 Å². The van der Waals surface area contributed by atoms with E-state index in [4.69, 9.17) is 0 Å². The second-order valence-corrected chi connectivity index (χ2v) is 6.17. The number of fused-ring (bicyclic) bond motifs is 2. The van der Waals surface area contributed by atoms with Gasteiger partial charge in [0.05, 0.1) is 0 Å². The van der Waals surface area contributed by atoms with Gasteiger partial charge in [-0.2, -0.15) is 0 Å². The molecule has 0 amide bonds. The van der Waals surface area contributed by atoms with Crippen molar-refractivity contribution in [2.45, 2.75) is 60.9 Å². The normalized spacial score (nSPS) is 11.2. The van der Waals surface area contributed by atoms with Gasteiger partial charge in [-0.15, -0.1) is 18.1 Å². The molecule has 0 saturated carbocycles. The van der Waals surface area contributed by atoms with Crippen molar-refractivity contribution >= 4 is 11.4 Å². The third kappa shape index (κ3) is 6.17. The summed E-state index contributed by atoms with van der Waals surface area (Å²) in [5.74, 6) is 1.37. The third-order valence-electron chi connectivity index (χ3n) is 3.77. The largest absolute Gasteiger partial charge is 0.400 e. The predicted molar refractivity (Wildman–Crippen MR) is 105 cm³/mol. The van der Waals surface area contributed by atoms with Gasteiger partial charge in [0.15, 0.2) is 0 Å². The van der Waals surface area contributed by atoms with Gasteiger partial charge < -0.3 is 4.90 Å². The molecular weight excluding hydrogens is 456 g/mol. The molecule has 0 N–H and O–H groups in total. The first-order valence-electron chi connectivity index (χ1n) is 8.83. The zero-order chi connectivity index (χ0) is 17.6. The van der Waals surface area contributed by atoms with Gasteiger partial charge in [-0.25, -0.2) is 0 Å². The summed E-state index contributed by atoms with van der Waals surface area (Å²) in [5.41, 5.74) is 5.37. The summed E-state index contributed by atoms with van der Waals surface area (Å²) in [6.07, 6.45) is 0. The first-order chi connectivity index (χ1) is 11.0. The van der Waals surface area contributed by atoms with Crippen LogP contribution in [-0.2, 0) is 65.4 Å². The molecule has 2 radical (unpaired) electrons. The van der Waals surface area contributed by atoms with E-state index in [0.717, 1.165) is 0 Å². The molecule has 0 atom stereocenters. The van der Waals surface area contributed by atoms with Crippen molar-refractivity contribution in [2.75, 3.05) is 4.90 Å². The fourth-order valence-corrected chi connectivity index (χ4v) is 2.97. The van der Waals surface area contributed by atoms with Crippen LogP contribution in [0.1, 0.15) is 66.5 Å². The van der Waals surface area contributed by atoms with Crippen molar-refractivity contribution in [2.24, 2.45) is 0 Å². The van der Waals surface area contributed by atoms with Crippen LogP contribution in [-0.4, -0.2) is 5.54 Å². The minimum atomic E-state index is 0. The summed E-state index contributed by atoms with van der Waals surface area (Å²) in [6, 6.07) is 17.4. The van der Waals surface area contributed by atoms with E-state index in [1.165, 1.54) is 28.4 Å². The topological polar surface area (TPSA) is 3.24 Å². The molecule has 1 heterocycles. The third-order valence-corrected chi connectivity index (χ3v) is 3.77. The molecule has 0 spiro atoms. The van der Waals surface area contributed by atoms with Crippen LogP contribution >= 0.6 is 0 Å². The van der Waals surface area contributed by atoms with Crippen LogP contribution in [0, 0.1) is 5.92 Å².